The fourth-order valence-corrected chi connectivity index (χ4v) is 2.32. The zero-order valence-electron chi connectivity index (χ0n) is 8.41. The first-order valence-corrected chi connectivity index (χ1v) is 6.76. The van der Waals surface area contributed by atoms with Gasteiger partial charge < -0.3 is 4.74 Å². The summed E-state index contributed by atoms with van der Waals surface area (Å²) in [5.41, 5.74) is 0.234. The standard InChI is InChI=1S/C9H10Cl2O4S/c1-2-15-9-4-7(10)6(3-8(9)11)5-16(12,13)14/h3-4H,2,5H2,1H3,(H,12,13,14). The molecule has 0 aliphatic heterocycles. The second-order valence-electron chi connectivity index (χ2n) is 3.03. The average Bonchev–Trinajstić information content (AvgIpc) is 2.11. The summed E-state index contributed by atoms with van der Waals surface area (Å²) >= 11 is 11.7. The Labute approximate surface area is 104 Å². The molecule has 7 heteroatoms. The minimum atomic E-state index is -4.13. The lowest BCUT2D eigenvalue weighted by Gasteiger charge is -2.09. The van der Waals surface area contributed by atoms with Crippen LogP contribution in [0.15, 0.2) is 12.1 Å². The predicted octanol–water partition coefficient (Wildman–Crippen LogP) is 2.78. The summed E-state index contributed by atoms with van der Waals surface area (Å²) in [6, 6.07) is 2.79. The van der Waals surface area contributed by atoms with E-state index < -0.39 is 15.9 Å². The molecular weight excluding hydrogens is 275 g/mol. The lowest BCUT2D eigenvalue weighted by Crippen LogP contribution is -2.03. The highest BCUT2D eigenvalue weighted by atomic mass is 35.5. The molecule has 0 aliphatic carbocycles. The largest absolute Gasteiger partial charge is 0.492 e. The molecule has 90 valence electrons. The van der Waals surface area contributed by atoms with Gasteiger partial charge >= 0.3 is 0 Å². The third-order valence-corrected chi connectivity index (χ3v) is 3.06. The normalized spacial score (nSPS) is 11.5. The number of benzene rings is 1. The highest BCUT2D eigenvalue weighted by Crippen LogP contribution is 2.31. The molecule has 0 fully saturated rings. The number of hydrogen-bond acceptors (Lipinski definition) is 3. The minimum absolute atomic E-state index is 0.186. The molecule has 0 saturated carbocycles. The Bertz CT molecular complexity index is 485. The molecule has 0 heterocycles. The van der Waals surface area contributed by atoms with Crippen molar-refractivity contribution in [1.29, 1.82) is 0 Å². The summed E-state index contributed by atoms with van der Waals surface area (Å²) in [6.07, 6.45) is 0. The van der Waals surface area contributed by atoms with Gasteiger partial charge in [-0.05, 0) is 18.6 Å². The van der Waals surface area contributed by atoms with Crippen LogP contribution < -0.4 is 4.74 Å². The monoisotopic (exact) mass is 284 g/mol. The third-order valence-electron chi connectivity index (χ3n) is 1.74. The molecule has 0 radical (unpaired) electrons. The molecule has 0 amide bonds. The van der Waals surface area contributed by atoms with E-state index in [9.17, 15) is 8.42 Å². The van der Waals surface area contributed by atoms with Crippen LogP contribution in [-0.4, -0.2) is 19.6 Å². The Hall–Kier alpha value is -0.490. The van der Waals surface area contributed by atoms with Crippen molar-refractivity contribution in [1.82, 2.24) is 0 Å². The van der Waals surface area contributed by atoms with E-state index in [4.69, 9.17) is 32.5 Å². The lowest BCUT2D eigenvalue weighted by atomic mass is 10.2. The van der Waals surface area contributed by atoms with Crippen LogP contribution in [0.25, 0.3) is 0 Å². The molecule has 1 N–H and O–H groups in total. The van der Waals surface area contributed by atoms with Crippen LogP contribution in [-0.2, 0) is 15.9 Å². The fourth-order valence-electron chi connectivity index (χ4n) is 1.14. The summed E-state index contributed by atoms with van der Waals surface area (Å²) in [7, 11) is -4.13. The molecule has 0 aromatic heterocycles. The molecule has 4 nitrogen and oxygen atoms in total. The average molecular weight is 285 g/mol. The van der Waals surface area contributed by atoms with Crippen molar-refractivity contribution in [2.45, 2.75) is 12.7 Å². The van der Waals surface area contributed by atoms with Gasteiger partial charge in [-0.2, -0.15) is 8.42 Å². The van der Waals surface area contributed by atoms with E-state index in [2.05, 4.69) is 0 Å². The summed E-state index contributed by atoms with van der Waals surface area (Å²) < 4.78 is 35.3. The Morgan fingerprint density at radius 3 is 2.44 bits per heavy atom. The Kier molecular flexibility index (Phi) is 4.43. The Morgan fingerprint density at radius 2 is 1.94 bits per heavy atom. The second kappa shape index (κ2) is 5.23. The van der Waals surface area contributed by atoms with Crippen LogP contribution in [0.5, 0.6) is 5.75 Å². The van der Waals surface area contributed by atoms with E-state index in [0.29, 0.717) is 12.4 Å². The maximum atomic E-state index is 10.7. The van der Waals surface area contributed by atoms with Crippen molar-refractivity contribution in [2.24, 2.45) is 0 Å². The first-order chi connectivity index (χ1) is 7.33. The van der Waals surface area contributed by atoms with Crippen LogP contribution in [0.1, 0.15) is 12.5 Å². The first kappa shape index (κ1) is 13.6. The van der Waals surface area contributed by atoms with Gasteiger partial charge in [0.25, 0.3) is 10.1 Å². The molecule has 0 atom stereocenters. The zero-order valence-corrected chi connectivity index (χ0v) is 10.7. The SMILES string of the molecule is CCOc1cc(Cl)c(CS(=O)(=O)O)cc1Cl. The van der Waals surface area contributed by atoms with Crippen molar-refractivity contribution in [3.8, 4) is 5.75 Å². The predicted molar refractivity (Wildman–Crippen MR) is 62.9 cm³/mol. The third kappa shape index (κ3) is 3.83. The van der Waals surface area contributed by atoms with Gasteiger partial charge in [0.2, 0.25) is 0 Å². The van der Waals surface area contributed by atoms with Gasteiger partial charge in [0, 0.05) is 11.1 Å². The molecule has 1 aromatic rings. The molecule has 0 unspecified atom stereocenters. The van der Waals surface area contributed by atoms with E-state index >= 15 is 0 Å². The van der Waals surface area contributed by atoms with Crippen LogP contribution >= 0.6 is 23.2 Å². The van der Waals surface area contributed by atoms with E-state index in [1.165, 1.54) is 12.1 Å². The van der Waals surface area contributed by atoms with Gasteiger partial charge in [-0.25, -0.2) is 0 Å². The lowest BCUT2D eigenvalue weighted by molar-refractivity contribution is 0.340. The van der Waals surface area contributed by atoms with Gasteiger partial charge in [-0.1, -0.05) is 23.2 Å². The smallest absolute Gasteiger partial charge is 0.269 e. The van der Waals surface area contributed by atoms with Gasteiger partial charge in [-0.15, -0.1) is 0 Å². The number of hydrogen-bond donors (Lipinski definition) is 1. The molecule has 0 aliphatic rings. The Morgan fingerprint density at radius 1 is 1.31 bits per heavy atom. The fraction of sp³-hybridized carbons (Fsp3) is 0.333. The number of halogens is 2. The minimum Gasteiger partial charge on any atom is -0.492 e. The number of ether oxygens (including phenoxy) is 1. The molecule has 16 heavy (non-hydrogen) atoms. The molecule has 1 aromatic carbocycles. The Balaban J connectivity index is 3.10. The van der Waals surface area contributed by atoms with Crippen LogP contribution in [0.2, 0.25) is 10.0 Å². The molecular formula is C9H10Cl2O4S. The van der Waals surface area contributed by atoms with E-state index in [0.717, 1.165) is 0 Å². The van der Waals surface area contributed by atoms with Gasteiger partial charge in [0.05, 0.1) is 11.6 Å². The van der Waals surface area contributed by atoms with Gasteiger partial charge in [0.1, 0.15) is 11.5 Å². The summed E-state index contributed by atoms with van der Waals surface area (Å²) in [6.45, 7) is 2.21. The number of rotatable bonds is 4. The van der Waals surface area contributed by atoms with Gasteiger partial charge in [0.15, 0.2) is 0 Å². The van der Waals surface area contributed by atoms with Crippen LogP contribution in [0.4, 0.5) is 0 Å². The maximum absolute atomic E-state index is 10.7. The van der Waals surface area contributed by atoms with E-state index in [1.807, 2.05) is 0 Å². The van der Waals surface area contributed by atoms with Crippen molar-refractivity contribution >= 4 is 33.3 Å². The van der Waals surface area contributed by atoms with Crippen LogP contribution in [0, 0.1) is 0 Å². The van der Waals surface area contributed by atoms with Crippen LogP contribution in [0.3, 0.4) is 0 Å². The van der Waals surface area contributed by atoms with Crippen molar-refractivity contribution in [3.63, 3.8) is 0 Å². The second-order valence-corrected chi connectivity index (χ2v) is 5.30. The maximum Gasteiger partial charge on any atom is 0.269 e. The van der Waals surface area contributed by atoms with Crippen molar-refractivity contribution in [2.75, 3.05) is 6.61 Å². The molecule has 0 bridgehead atoms. The van der Waals surface area contributed by atoms with E-state index in [1.54, 1.807) is 6.92 Å². The van der Waals surface area contributed by atoms with E-state index in [-0.39, 0.29) is 15.6 Å². The summed E-state index contributed by atoms with van der Waals surface area (Å²) in [5, 5.41) is 0.440. The highest BCUT2D eigenvalue weighted by Gasteiger charge is 2.13. The quantitative estimate of drug-likeness (QED) is 0.864. The highest BCUT2D eigenvalue weighted by molar-refractivity contribution is 7.85. The first-order valence-electron chi connectivity index (χ1n) is 4.39. The topological polar surface area (TPSA) is 63.6 Å². The summed E-state index contributed by atoms with van der Waals surface area (Å²) in [4.78, 5) is 0. The molecule has 1 rings (SSSR count). The zero-order chi connectivity index (χ0) is 12.3. The molecule has 0 spiro atoms. The summed E-state index contributed by atoms with van der Waals surface area (Å²) in [5.74, 6) is -0.189. The van der Waals surface area contributed by atoms with Crippen molar-refractivity contribution < 1.29 is 17.7 Å². The molecule has 0 saturated heterocycles. The van der Waals surface area contributed by atoms with Gasteiger partial charge in [-0.3, -0.25) is 4.55 Å². The van der Waals surface area contributed by atoms with Crippen molar-refractivity contribution in [3.05, 3.63) is 27.7 Å².